The van der Waals surface area contributed by atoms with Crippen LogP contribution in [0.3, 0.4) is 0 Å². The molecule has 0 atom stereocenters. The first-order chi connectivity index (χ1) is 4.36. The van der Waals surface area contributed by atoms with E-state index in [0.717, 1.165) is 10.2 Å². The van der Waals surface area contributed by atoms with Crippen molar-refractivity contribution in [2.45, 2.75) is 0 Å². The molecule has 0 fully saturated rings. The third-order valence-electron chi connectivity index (χ3n) is 1.15. The summed E-state index contributed by atoms with van der Waals surface area (Å²) in [4.78, 5) is 1.33. The first-order valence-corrected chi connectivity index (χ1v) is 3.42. The van der Waals surface area contributed by atoms with E-state index in [9.17, 15) is 0 Å². The summed E-state index contributed by atoms with van der Waals surface area (Å²) in [5.41, 5.74) is 0.975. The largest absolute Gasteiger partial charge is 0.323 e. The van der Waals surface area contributed by atoms with Crippen LogP contribution in [0.5, 0.6) is 0 Å². The van der Waals surface area contributed by atoms with Crippen molar-refractivity contribution in [3.63, 3.8) is 0 Å². The molecular weight excluding hydrogens is 134 g/mol. The number of hydrogen-bond donors (Lipinski definition) is 1. The van der Waals surface area contributed by atoms with Crippen molar-refractivity contribution in [3.8, 4) is 0 Å². The van der Waals surface area contributed by atoms with Crippen molar-refractivity contribution >= 4 is 21.6 Å². The molecule has 0 aliphatic heterocycles. The minimum atomic E-state index is 0.975. The number of nitrogens with two attached hydrogens (primary N) is 1. The molecular formula is C5H5N3S. The molecule has 0 saturated carbocycles. The molecule has 0 radical (unpaired) electrons. The fraction of sp³-hybridized carbons (Fsp3) is 0. The van der Waals surface area contributed by atoms with Crippen LogP contribution in [0.2, 0.25) is 0 Å². The van der Waals surface area contributed by atoms with E-state index in [1.165, 1.54) is 4.79 Å². The average Bonchev–Trinajstić information content (AvgIpc) is 2.22. The lowest BCUT2D eigenvalue weighted by Crippen LogP contribution is -2.07. The van der Waals surface area contributed by atoms with Crippen LogP contribution in [0, 0.1) is 0 Å². The monoisotopic (exact) mass is 139 g/mol. The Bertz CT molecular complexity index is 293. The second-order valence-corrected chi connectivity index (χ2v) is 2.73. The molecule has 2 N–H and O–H groups in total. The number of nitrogen functional groups attached to an aromatic ring is 1. The highest BCUT2D eigenvalue weighted by atomic mass is 32.1. The molecule has 0 saturated heterocycles. The van der Waals surface area contributed by atoms with Crippen LogP contribution in [0.15, 0.2) is 17.6 Å². The van der Waals surface area contributed by atoms with Crippen LogP contribution in [0.25, 0.3) is 10.2 Å². The highest BCUT2D eigenvalue weighted by Crippen LogP contribution is 2.16. The van der Waals surface area contributed by atoms with Gasteiger partial charge in [0.2, 0.25) is 0 Å². The van der Waals surface area contributed by atoms with Crippen LogP contribution in [0.1, 0.15) is 0 Å². The molecule has 2 rings (SSSR count). The summed E-state index contributed by atoms with van der Waals surface area (Å²) in [5.74, 6) is 5.35. The number of fused-ring (bicyclic) bond motifs is 1. The summed E-state index contributed by atoms with van der Waals surface area (Å²) in [7, 11) is 0. The van der Waals surface area contributed by atoms with Crippen LogP contribution >= 0.6 is 11.3 Å². The number of rotatable bonds is 0. The van der Waals surface area contributed by atoms with Crippen LogP contribution in [-0.4, -0.2) is 9.89 Å². The van der Waals surface area contributed by atoms with E-state index < -0.39 is 0 Å². The fourth-order valence-electron chi connectivity index (χ4n) is 0.767. The van der Waals surface area contributed by atoms with Crippen LogP contribution < -0.4 is 5.84 Å². The second kappa shape index (κ2) is 1.48. The molecule has 0 aromatic carbocycles. The molecule has 3 nitrogen and oxygen atoms in total. The first-order valence-electron chi connectivity index (χ1n) is 2.54. The standard InChI is InChI=1S/C5H5N3S/c6-8-3-5-4(7-8)1-2-9-5/h1-3H,6H2. The Morgan fingerprint density at radius 3 is 3.33 bits per heavy atom. The fourth-order valence-corrected chi connectivity index (χ4v) is 1.51. The van der Waals surface area contributed by atoms with Crippen molar-refractivity contribution < 1.29 is 0 Å². The Hall–Kier alpha value is -1.03. The summed E-state index contributed by atoms with van der Waals surface area (Å²) in [6, 6.07) is 1.95. The summed E-state index contributed by atoms with van der Waals surface area (Å²) in [6.07, 6.45) is 1.81. The first kappa shape index (κ1) is 4.81. The second-order valence-electron chi connectivity index (χ2n) is 1.78. The van der Waals surface area contributed by atoms with Gasteiger partial charge in [0.1, 0.15) is 5.52 Å². The molecule has 0 aliphatic carbocycles. The van der Waals surface area contributed by atoms with Crippen molar-refractivity contribution in [1.29, 1.82) is 0 Å². The SMILES string of the molecule is Nn1cc2sccc2n1. The Balaban J connectivity index is 2.92. The van der Waals surface area contributed by atoms with Crippen molar-refractivity contribution in [3.05, 3.63) is 17.6 Å². The van der Waals surface area contributed by atoms with Gasteiger partial charge in [-0.3, -0.25) is 0 Å². The maximum atomic E-state index is 5.35. The molecule has 0 spiro atoms. The molecule has 0 bridgehead atoms. The maximum absolute atomic E-state index is 5.35. The van der Waals surface area contributed by atoms with Gasteiger partial charge in [-0.2, -0.15) is 9.89 Å². The highest BCUT2D eigenvalue weighted by molar-refractivity contribution is 7.17. The average molecular weight is 139 g/mol. The molecule has 2 heterocycles. The molecule has 0 unspecified atom stereocenters. The summed E-state index contributed by atoms with van der Waals surface area (Å²) < 4.78 is 1.14. The molecule has 2 aromatic heterocycles. The minimum Gasteiger partial charge on any atom is -0.323 e. The lowest BCUT2D eigenvalue weighted by Gasteiger charge is -1.80. The third kappa shape index (κ3) is 0.598. The van der Waals surface area contributed by atoms with Gasteiger partial charge in [-0.05, 0) is 11.4 Å². The lowest BCUT2D eigenvalue weighted by atomic mass is 10.5. The number of hydrogen-bond acceptors (Lipinski definition) is 3. The van der Waals surface area contributed by atoms with Gasteiger partial charge in [-0.1, -0.05) is 0 Å². The van der Waals surface area contributed by atoms with Crippen molar-refractivity contribution in [2.24, 2.45) is 0 Å². The molecule has 9 heavy (non-hydrogen) atoms. The van der Waals surface area contributed by atoms with E-state index in [1.807, 2.05) is 11.4 Å². The maximum Gasteiger partial charge on any atom is 0.105 e. The zero-order valence-electron chi connectivity index (χ0n) is 4.61. The minimum absolute atomic E-state index is 0.975. The molecule has 4 heteroatoms. The quantitative estimate of drug-likeness (QED) is 0.549. The predicted octanol–water partition coefficient (Wildman–Crippen LogP) is 0.812. The van der Waals surface area contributed by atoms with Gasteiger partial charge >= 0.3 is 0 Å². The van der Waals surface area contributed by atoms with Gasteiger partial charge in [-0.15, -0.1) is 11.3 Å². The van der Waals surface area contributed by atoms with E-state index in [4.69, 9.17) is 5.84 Å². The van der Waals surface area contributed by atoms with Gasteiger partial charge in [0.15, 0.2) is 0 Å². The van der Waals surface area contributed by atoms with Gasteiger partial charge in [0.05, 0.1) is 10.9 Å². The topological polar surface area (TPSA) is 43.8 Å². The molecule has 46 valence electrons. The number of thiophene rings is 1. The van der Waals surface area contributed by atoms with Crippen molar-refractivity contribution in [2.75, 3.05) is 5.84 Å². The zero-order valence-corrected chi connectivity index (χ0v) is 5.43. The Labute approximate surface area is 55.7 Å². The van der Waals surface area contributed by atoms with E-state index in [-0.39, 0.29) is 0 Å². The predicted molar refractivity (Wildman–Crippen MR) is 37.8 cm³/mol. The summed E-state index contributed by atoms with van der Waals surface area (Å²) in [5, 5.41) is 5.98. The molecule has 0 amide bonds. The smallest absolute Gasteiger partial charge is 0.105 e. The van der Waals surface area contributed by atoms with Crippen LogP contribution in [0.4, 0.5) is 0 Å². The highest BCUT2D eigenvalue weighted by Gasteiger charge is 1.96. The van der Waals surface area contributed by atoms with Gasteiger partial charge in [-0.25, -0.2) is 0 Å². The van der Waals surface area contributed by atoms with E-state index >= 15 is 0 Å². The van der Waals surface area contributed by atoms with E-state index in [1.54, 1.807) is 17.5 Å². The lowest BCUT2D eigenvalue weighted by molar-refractivity contribution is 0.846. The molecule has 0 aliphatic rings. The van der Waals surface area contributed by atoms with E-state index in [0.29, 0.717) is 0 Å². The Kier molecular flexibility index (Phi) is 0.790. The summed E-state index contributed by atoms with van der Waals surface area (Å²) in [6.45, 7) is 0. The van der Waals surface area contributed by atoms with Gasteiger partial charge in [0, 0.05) is 0 Å². The summed E-state index contributed by atoms with van der Waals surface area (Å²) >= 11 is 1.64. The molecule has 2 aromatic rings. The zero-order chi connectivity index (χ0) is 6.27. The number of aromatic nitrogens is 2. The van der Waals surface area contributed by atoms with E-state index in [2.05, 4.69) is 5.10 Å². The third-order valence-corrected chi connectivity index (χ3v) is 1.99. The van der Waals surface area contributed by atoms with Gasteiger partial charge < -0.3 is 5.84 Å². The van der Waals surface area contributed by atoms with Crippen molar-refractivity contribution in [1.82, 2.24) is 9.89 Å². The Morgan fingerprint density at radius 2 is 2.56 bits per heavy atom. The number of nitrogens with zero attached hydrogens (tertiary/aromatic N) is 2. The normalized spacial score (nSPS) is 10.7. The Morgan fingerprint density at radius 1 is 1.67 bits per heavy atom. The van der Waals surface area contributed by atoms with Gasteiger partial charge in [0.25, 0.3) is 0 Å². The van der Waals surface area contributed by atoms with Crippen LogP contribution in [-0.2, 0) is 0 Å².